The van der Waals surface area contributed by atoms with Crippen LogP contribution in [0.4, 0.5) is 5.69 Å². The van der Waals surface area contributed by atoms with Gasteiger partial charge in [0.05, 0.1) is 13.0 Å². The van der Waals surface area contributed by atoms with Gasteiger partial charge in [0.2, 0.25) is 5.91 Å². The second-order valence-corrected chi connectivity index (χ2v) is 6.59. The molecule has 1 amide bonds. The van der Waals surface area contributed by atoms with E-state index < -0.39 is 0 Å². The van der Waals surface area contributed by atoms with Crippen LogP contribution in [-0.4, -0.2) is 39.8 Å². The van der Waals surface area contributed by atoms with Crippen molar-refractivity contribution in [2.45, 2.75) is 12.8 Å². The predicted octanol–water partition coefficient (Wildman–Crippen LogP) is 2.89. The van der Waals surface area contributed by atoms with E-state index in [4.69, 9.17) is 9.47 Å². The van der Waals surface area contributed by atoms with E-state index in [2.05, 4.69) is 29.4 Å². The van der Waals surface area contributed by atoms with Crippen molar-refractivity contribution in [3.8, 4) is 11.5 Å². The summed E-state index contributed by atoms with van der Waals surface area (Å²) in [5.74, 6) is 1.54. The van der Waals surface area contributed by atoms with E-state index in [-0.39, 0.29) is 11.8 Å². The van der Waals surface area contributed by atoms with E-state index in [1.54, 1.807) is 7.11 Å². The number of amides is 1. The highest BCUT2D eigenvalue weighted by Crippen LogP contribution is 2.30. The summed E-state index contributed by atoms with van der Waals surface area (Å²) in [5, 5.41) is 3.04. The summed E-state index contributed by atoms with van der Waals surface area (Å²) in [6.07, 6.45) is 1.58. The van der Waals surface area contributed by atoms with Gasteiger partial charge in [-0.1, -0.05) is 18.2 Å². The quantitative estimate of drug-likeness (QED) is 0.777. The van der Waals surface area contributed by atoms with Crippen molar-refractivity contribution in [2.75, 3.05) is 38.8 Å². The Morgan fingerprint density at radius 3 is 2.85 bits per heavy atom. The number of nitrogens with one attached hydrogen (secondary N) is 1. The first-order valence-electron chi connectivity index (χ1n) is 9.01. The molecule has 3 rings (SSSR count). The highest BCUT2D eigenvalue weighted by Gasteiger charge is 2.26. The fraction of sp³-hybridized carbons (Fsp3) is 0.381. The number of hydrogen-bond donors (Lipinski definition) is 1. The number of carbonyl (C=O) groups excluding carboxylic acids is 1. The Hall–Kier alpha value is -2.69. The van der Waals surface area contributed by atoms with Gasteiger partial charge in [-0.25, -0.2) is 0 Å². The molecule has 5 heteroatoms. The van der Waals surface area contributed by atoms with Crippen molar-refractivity contribution in [3.63, 3.8) is 0 Å². The molecule has 0 saturated heterocycles. The van der Waals surface area contributed by atoms with Gasteiger partial charge in [0.15, 0.2) is 0 Å². The minimum Gasteiger partial charge on any atom is -0.497 e. The summed E-state index contributed by atoms with van der Waals surface area (Å²) in [7, 11) is 3.71. The normalized spacial score (nSPS) is 15.5. The number of methoxy groups -OCH3 is 1. The summed E-state index contributed by atoms with van der Waals surface area (Å²) in [4.78, 5) is 14.6. The van der Waals surface area contributed by atoms with Crippen molar-refractivity contribution >= 4 is 11.6 Å². The van der Waals surface area contributed by atoms with Crippen molar-refractivity contribution < 1.29 is 14.3 Å². The van der Waals surface area contributed by atoms with Gasteiger partial charge in [0, 0.05) is 25.8 Å². The highest BCUT2D eigenvalue weighted by molar-refractivity contribution is 5.79. The van der Waals surface area contributed by atoms with Crippen LogP contribution >= 0.6 is 0 Å². The van der Waals surface area contributed by atoms with Crippen molar-refractivity contribution in [1.82, 2.24) is 5.32 Å². The molecule has 0 saturated carbocycles. The molecule has 0 radical (unpaired) electrons. The number of nitrogens with zero attached hydrogens (tertiary/aromatic N) is 1. The summed E-state index contributed by atoms with van der Waals surface area (Å²) in [6, 6.07) is 16.0. The first-order valence-corrected chi connectivity index (χ1v) is 9.01. The Balaban J connectivity index is 1.44. The predicted molar refractivity (Wildman–Crippen MR) is 103 cm³/mol. The van der Waals surface area contributed by atoms with Gasteiger partial charge >= 0.3 is 0 Å². The third-order valence-corrected chi connectivity index (χ3v) is 4.71. The molecule has 1 heterocycles. The van der Waals surface area contributed by atoms with Crippen LogP contribution in [0.2, 0.25) is 0 Å². The maximum absolute atomic E-state index is 12.4. The Morgan fingerprint density at radius 2 is 2.08 bits per heavy atom. The standard InChI is InChI=1S/C21H26N2O3/c1-23(18-7-4-3-5-8-18)12-6-11-22-21(24)17-13-16-14-19(25-2)9-10-20(16)26-15-17/h3-5,7-10,14,17H,6,11-13,15H2,1-2H3,(H,22,24). The average molecular weight is 354 g/mol. The topological polar surface area (TPSA) is 50.8 Å². The van der Waals surface area contributed by atoms with E-state index in [9.17, 15) is 4.79 Å². The zero-order chi connectivity index (χ0) is 18.4. The molecule has 1 aliphatic heterocycles. The van der Waals surface area contributed by atoms with Crippen LogP contribution in [0.5, 0.6) is 11.5 Å². The van der Waals surface area contributed by atoms with E-state index >= 15 is 0 Å². The highest BCUT2D eigenvalue weighted by atomic mass is 16.5. The van der Waals surface area contributed by atoms with Crippen LogP contribution in [0.15, 0.2) is 48.5 Å². The maximum atomic E-state index is 12.4. The fourth-order valence-corrected chi connectivity index (χ4v) is 3.15. The molecule has 2 aromatic carbocycles. The summed E-state index contributed by atoms with van der Waals surface area (Å²) in [5.41, 5.74) is 2.21. The fourth-order valence-electron chi connectivity index (χ4n) is 3.15. The Labute approximate surface area is 154 Å². The zero-order valence-corrected chi connectivity index (χ0v) is 15.4. The van der Waals surface area contributed by atoms with E-state index in [0.29, 0.717) is 19.6 Å². The van der Waals surface area contributed by atoms with Gasteiger partial charge in [-0.05, 0) is 48.7 Å². The molecule has 0 fully saturated rings. The summed E-state index contributed by atoms with van der Waals surface area (Å²) < 4.78 is 11.0. The number of ether oxygens (including phenoxy) is 2. The van der Waals surface area contributed by atoms with Crippen LogP contribution in [0, 0.1) is 5.92 Å². The van der Waals surface area contributed by atoms with Gasteiger partial charge in [0.1, 0.15) is 18.1 Å². The monoisotopic (exact) mass is 354 g/mol. The van der Waals surface area contributed by atoms with E-state index in [0.717, 1.165) is 30.0 Å². The molecule has 0 aliphatic carbocycles. The second kappa shape index (κ2) is 8.61. The molecule has 1 atom stereocenters. The van der Waals surface area contributed by atoms with Gasteiger partial charge < -0.3 is 19.7 Å². The van der Waals surface area contributed by atoms with Crippen LogP contribution < -0.4 is 19.7 Å². The van der Waals surface area contributed by atoms with Gasteiger partial charge in [-0.3, -0.25) is 4.79 Å². The first-order chi connectivity index (χ1) is 12.7. The number of para-hydroxylation sites is 1. The van der Waals surface area contributed by atoms with Gasteiger partial charge in [-0.2, -0.15) is 0 Å². The maximum Gasteiger partial charge on any atom is 0.226 e. The molecule has 0 bridgehead atoms. The van der Waals surface area contributed by atoms with Crippen molar-refractivity contribution in [2.24, 2.45) is 5.92 Å². The van der Waals surface area contributed by atoms with Crippen LogP contribution in [0.25, 0.3) is 0 Å². The molecule has 0 spiro atoms. The first kappa shape index (κ1) is 18.1. The Kier molecular flexibility index (Phi) is 6.00. The smallest absolute Gasteiger partial charge is 0.226 e. The minimum atomic E-state index is -0.151. The number of carbonyl (C=O) groups is 1. The average Bonchev–Trinajstić information content (AvgIpc) is 2.70. The largest absolute Gasteiger partial charge is 0.497 e. The minimum absolute atomic E-state index is 0.0563. The third kappa shape index (κ3) is 4.48. The van der Waals surface area contributed by atoms with E-state index in [1.807, 2.05) is 36.4 Å². The zero-order valence-electron chi connectivity index (χ0n) is 15.4. The van der Waals surface area contributed by atoms with Crippen molar-refractivity contribution in [3.05, 3.63) is 54.1 Å². The number of hydrogen-bond acceptors (Lipinski definition) is 4. The molecule has 138 valence electrons. The molecule has 26 heavy (non-hydrogen) atoms. The molecule has 1 unspecified atom stereocenters. The lowest BCUT2D eigenvalue weighted by Gasteiger charge is -2.25. The molecule has 1 aliphatic rings. The second-order valence-electron chi connectivity index (χ2n) is 6.59. The number of rotatable bonds is 7. The molecular formula is C21H26N2O3. The molecule has 5 nitrogen and oxygen atoms in total. The summed E-state index contributed by atoms with van der Waals surface area (Å²) >= 11 is 0. The molecule has 2 aromatic rings. The van der Waals surface area contributed by atoms with Crippen LogP contribution in [0.1, 0.15) is 12.0 Å². The number of anilines is 1. The van der Waals surface area contributed by atoms with Crippen LogP contribution in [0.3, 0.4) is 0 Å². The Bertz CT molecular complexity index is 733. The number of fused-ring (bicyclic) bond motifs is 1. The van der Waals surface area contributed by atoms with Gasteiger partial charge in [0.25, 0.3) is 0 Å². The lowest BCUT2D eigenvalue weighted by molar-refractivity contribution is -0.126. The lowest BCUT2D eigenvalue weighted by atomic mass is 9.96. The summed E-state index contributed by atoms with van der Waals surface area (Å²) in [6.45, 7) is 1.98. The van der Waals surface area contributed by atoms with Crippen LogP contribution in [-0.2, 0) is 11.2 Å². The Morgan fingerprint density at radius 1 is 1.27 bits per heavy atom. The molecule has 0 aromatic heterocycles. The van der Waals surface area contributed by atoms with Crippen molar-refractivity contribution in [1.29, 1.82) is 0 Å². The number of benzene rings is 2. The SMILES string of the molecule is COc1ccc2c(c1)CC(C(=O)NCCCN(C)c1ccccc1)CO2. The lowest BCUT2D eigenvalue weighted by Crippen LogP contribution is -2.38. The molecular weight excluding hydrogens is 328 g/mol. The van der Waals surface area contributed by atoms with E-state index in [1.165, 1.54) is 5.69 Å². The molecule has 1 N–H and O–H groups in total. The third-order valence-electron chi connectivity index (χ3n) is 4.71. The van der Waals surface area contributed by atoms with Gasteiger partial charge in [-0.15, -0.1) is 0 Å².